The average molecular weight is 548 g/mol. The minimum Gasteiger partial charge on any atom is -0.381 e. The van der Waals surface area contributed by atoms with Gasteiger partial charge in [-0.3, -0.25) is 14.7 Å². The van der Waals surface area contributed by atoms with Gasteiger partial charge >= 0.3 is 0 Å². The number of anilines is 1. The fraction of sp³-hybridized carbons (Fsp3) is 0.600. The van der Waals surface area contributed by atoms with Crippen molar-refractivity contribution in [2.45, 2.75) is 70.2 Å². The lowest BCUT2D eigenvalue weighted by Gasteiger charge is -2.41. The number of rotatable bonds is 8. The maximum Gasteiger partial charge on any atom is 0.253 e. The van der Waals surface area contributed by atoms with Crippen LogP contribution in [0.3, 0.4) is 0 Å². The lowest BCUT2D eigenvalue weighted by Crippen LogP contribution is -2.54. The van der Waals surface area contributed by atoms with Crippen molar-refractivity contribution in [2.75, 3.05) is 51.4 Å². The first kappa shape index (κ1) is 27.1. The maximum atomic E-state index is 13.4. The van der Waals surface area contributed by atoms with Gasteiger partial charge in [0.2, 0.25) is 5.95 Å². The number of aromatic nitrogens is 4. The summed E-state index contributed by atoms with van der Waals surface area (Å²) in [4.78, 5) is 32.3. The number of carbonyl (C=O) groups is 1. The Morgan fingerprint density at radius 1 is 1.10 bits per heavy atom. The van der Waals surface area contributed by atoms with E-state index < -0.39 is 0 Å². The second kappa shape index (κ2) is 11.8. The number of likely N-dealkylation sites (tertiary alicyclic amines) is 1. The Morgan fingerprint density at radius 3 is 2.55 bits per heavy atom. The zero-order valence-electron chi connectivity index (χ0n) is 23.9. The molecule has 3 aliphatic heterocycles. The SMILES string of the molecule is COC1CCN(c2nccc(Cc3cc4c(cn3)c(C(=O)NC3CCN(C5COC5)CC3)cn4C(C)C)n2)CC1. The van der Waals surface area contributed by atoms with E-state index in [-0.39, 0.29) is 18.0 Å². The molecule has 6 heterocycles. The van der Waals surface area contributed by atoms with Gasteiger partial charge in [-0.25, -0.2) is 9.97 Å². The summed E-state index contributed by atoms with van der Waals surface area (Å²) in [6, 6.07) is 5.04. The third-order valence-corrected chi connectivity index (χ3v) is 8.70. The Hall–Kier alpha value is -3.08. The fourth-order valence-corrected chi connectivity index (χ4v) is 6.11. The monoisotopic (exact) mass is 547 g/mol. The topological polar surface area (TPSA) is 97.6 Å². The molecule has 0 radical (unpaired) electrons. The number of pyridine rings is 1. The number of methoxy groups -OCH3 is 1. The van der Waals surface area contributed by atoms with Crippen LogP contribution in [0.15, 0.2) is 30.7 Å². The summed E-state index contributed by atoms with van der Waals surface area (Å²) >= 11 is 0. The molecule has 10 heteroatoms. The number of amides is 1. The van der Waals surface area contributed by atoms with Crippen LogP contribution in [0.25, 0.3) is 10.9 Å². The summed E-state index contributed by atoms with van der Waals surface area (Å²) < 4.78 is 13.0. The summed E-state index contributed by atoms with van der Waals surface area (Å²) in [7, 11) is 1.78. The molecule has 3 fully saturated rings. The molecule has 6 rings (SSSR count). The van der Waals surface area contributed by atoms with Gasteiger partial charge in [0.05, 0.1) is 42.1 Å². The van der Waals surface area contributed by atoms with Crippen molar-refractivity contribution in [3.05, 3.63) is 47.7 Å². The van der Waals surface area contributed by atoms with Gasteiger partial charge in [0, 0.05) is 81.5 Å². The van der Waals surface area contributed by atoms with Crippen LogP contribution in [0, 0.1) is 0 Å². The molecule has 0 aliphatic carbocycles. The summed E-state index contributed by atoms with van der Waals surface area (Å²) in [6.07, 6.45) is 10.5. The molecule has 40 heavy (non-hydrogen) atoms. The zero-order chi connectivity index (χ0) is 27.6. The van der Waals surface area contributed by atoms with Crippen LogP contribution in [0.4, 0.5) is 5.95 Å². The zero-order valence-corrected chi connectivity index (χ0v) is 23.9. The molecule has 214 valence electrons. The molecule has 0 saturated carbocycles. The molecular formula is C30H41N7O3. The van der Waals surface area contributed by atoms with Crippen LogP contribution in [-0.4, -0.2) is 95.0 Å². The molecule has 0 spiro atoms. The van der Waals surface area contributed by atoms with Crippen LogP contribution < -0.4 is 10.2 Å². The molecule has 0 unspecified atom stereocenters. The van der Waals surface area contributed by atoms with Gasteiger partial charge in [-0.2, -0.15) is 0 Å². The molecule has 3 aromatic heterocycles. The average Bonchev–Trinajstić information content (AvgIpc) is 3.33. The normalized spacial score (nSPS) is 19.9. The van der Waals surface area contributed by atoms with E-state index in [0.29, 0.717) is 24.1 Å². The number of piperidine rings is 2. The Balaban J connectivity index is 1.16. The van der Waals surface area contributed by atoms with E-state index in [0.717, 1.165) is 93.3 Å². The molecule has 0 bridgehead atoms. The summed E-state index contributed by atoms with van der Waals surface area (Å²) in [5.74, 6) is 0.756. The summed E-state index contributed by atoms with van der Waals surface area (Å²) in [5, 5.41) is 4.20. The number of fused-ring (bicyclic) bond motifs is 1. The van der Waals surface area contributed by atoms with E-state index in [1.54, 1.807) is 7.11 Å². The second-order valence-corrected chi connectivity index (χ2v) is 11.7. The number of nitrogens with one attached hydrogen (secondary N) is 1. The molecule has 3 aliphatic rings. The fourth-order valence-electron chi connectivity index (χ4n) is 6.11. The van der Waals surface area contributed by atoms with Crippen molar-refractivity contribution in [1.82, 2.24) is 29.7 Å². The highest BCUT2D eigenvalue weighted by atomic mass is 16.5. The first-order valence-electron chi connectivity index (χ1n) is 14.7. The summed E-state index contributed by atoms with van der Waals surface area (Å²) in [6.45, 7) is 9.78. The van der Waals surface area contributed by atoms with Crippen molar-refractivity contribution >= 4 is 22.8 Å². The van der Waals surface area contributed by atoms with Crippen molar-refractivity contribution < 1.29 is 14.3 Å². The number of carbonyl (C=O) groups excluding carboxylic acids is 1. The highest BCUT2D eigenvalue weighted by molar-refractivity contribution is 6.07. The quantitative estimate of drug-likeness (QED) is 0.459. The van der Waals surface area contributed by atoms with Crippen molar-refractivity contribution in [1.29, 1.82) is 0 Å². The standard InChI is InChI=1S/C30H41N7O3/c1-20(2)37-17-27(29(38)33-21-5-10-35(11-6-21)24-18-40-19-24)26-16-32-23(15-28(26)37)14-22-4-9-31-30(34-22)36-12-7-25(39-3)8-13-36/h4,9,15-17,20-21,24-25H,5-8,10-14,18-19H2,1-3H3,(H,33,38). The minimum absolute atomic E-state index is 0.0120. The van der Waals surface area contributed by atoms with Crippen LogP contribution >= 0.6 is 0 Å². The van der Waals surface area contributed by atoms with Gasteiger partial charge in [0.15, 0.2) is 0 Å². The van der Waals surface area contributed by atoms with Gasteiger partial charge in [-0.15, -0.1) is 0 Å². The van der Waals surface area contributed by atoms with Gasteiger partial charge in [-0.1, -0.05) is 0 Å². The molecule has 0 atom stereocenters. The van der Waals surface area contributed by atoms with E-state index in [2.05, 4.69) is 44.6 Å². The van der Waals surface area contributed by atoms with E-state index in [9.17, 15) is 4.79 Å². The van der Waals surface area contributed by atoms with Crippen molar-refractivity contribution in [3.8, 4) is 0 Å². The first-order valence-corrected chi connectivity index (χ1v) is 14.7. The third kappa shape index (κ3) is 5.70. The van der Waals surface area contributed by atoms with Gasteiger partial charge in [0.1, 0.15) is 0 Å². The number of ether oxygens (including phenoxy) is 2. The second-order valence-electron chi connectivity index (χ2n) is 11.7. The van der Waals surface area contributed by atoms with E-state index in [1.807, 2.05) is 24.7 Å². The van der Waals surface area contributed by atoms with E-state index >= 15 is 0 Å². The third-order valence-electron chi connectivity index (χ3n) is 8.70. The van der Waals surface area contributed by atoms with E-state index in [1.165, 1.54) is 0 Å². The van der Waals surface area contributed by atoms with E-state index in [4.69, 9.17) is 19.4 Å². The summed E-state index contributed by atoms with van der Waals surface area (Å²) in [5.41, 5.74) is 3.59. The minimum atomic E-state index is -0.0120. The smallest absolute Gasteiger partial charge is 0.253 e. The van der Waals surface area contributed by atoms with Crippen LogP contribution in [0.2, 0.25) is 0 Å². The predicted molar refractivity (Wildman–Crippen MR) is 154 cm³/mol. The van der Waals surface area contributed by atoms with Crippen LogP contribution in [-0.2, 0) is 15.9 Å². The Bertz CT molecular complexity index is 1320. The molecule has 0 aromatic carbocycles. The molecular weight excluding hydrogens is 506 g/mol. The molecule has 3 saturated heterocycles. The Morgan fingerprint density at radius 2 is 1.88 bits per heavy atom. The Kier molecular flexibility index (Phi) is 8.00. The lowest BCUT2D eigenvalue weighted by atomic mass is 10.0. The highest BCUT2D eigenvalue weighted by Crippen LogP contribution is 2.27. The van der Waals surface area contributed by atoms with Crippen molar-refractivity contribution in [2.24, 2.45) is 0 Å². The van der Waals surface area contributed by atoms with Gasteiger partial charge < -0.3 is 24.3 Å². The van der Waals surface area contributed by atoms with Crippen LogP contribution in [0.5, 0.6) is 0 Å². The molecule has 10 nitrogen and oxygen atoms in total. The Labute approximate surface area is 236 Å². The largest absolute Gasteiger partial charge is 0.381 e. The lowest BCUT2D eigenvalue weighted by molar-refractivity contribution is -0.0716. The molecule has 1 N–H and O–H groups in total. The van der Waals surface area contributed by atoms with Gasteiger partial charge in [-0.05, 0) is 51.7 Å². The molecule has 3 aromatic rings. The number of hydrogen-bond acceptors (Lipinski definition) is 8. The molecule has 1 amide bonds. The predicted octanol–water partition coefficient (Wildman–Crippen LogP) is 3.21. The van der Waals surface area contributed by atoms with Crippen LogP contribution in [0.1, 0.15) is 67.3 Å². The highest BCUT2D eigenvalue weighted by Gasteiger charge is 2.30. The first-order chi connectivity index (χ1) is 19.5. The number of nitrogens with zero attached hydrogens (tertiary/aromatic N) is 6. The number of hydrogen-bond donors (Lipinski definition) is 1. The van der Waals surface area contributed by atoms with Gasteiger partial charge in [0.25, 0.3) is 5.91 Å². The van der Waals surface area contributed by atoms with Crippen molar-refractivity contribution in [3.63, 3.8) is 0 Å². The maximum absolute atomic E-state index is 13.4.